The smallest absolute Gasteiger partial charge is 0.182 e. The normalized spacial score (nSPS) is 48.3. The number of dihydropyridines is 1. The maximum atomic E-state index is 15.9. The van der Waals surface area contributed by atoms with E-state index in [-0.39, 0.29) is 92.9 Å². The van der Waals surface area contributed by atoms with E-state index in [0.717, 1.165) is 75.5 Å². The SMILES string of the molecule is CCC[C@H]1CC[C@H]2[C@H]3[C@@H](O[C@@H]2CC1)[C@@](O)([C@](C)(O)[C@H]1CC[C@@]2(O)C4=C(NC[C@H](C)O)C(=O)[C@@H]5C[C@@H](O)[C@@H](O)C[C@@]56C[C@@H](C5=C(CCCO)NC(N)C=C5)C=C[C@]46[C@@H](O)C[C@]12C1CCCC1)CCC[C@@H]3O. The van der Waals surface area contributed by atoms with E-state index in [2.05, 4.69) is 23.6 Å². The third-order valence-electron chi connectivity index (χ3n) is 21.5. The molecule has 10 aliphatic rings. The number of allylic oxidation sites excluding steroid dienone is 5. The summed E-state index contributed by atoms with van der Waals surface area (Å²) >= 11 is 0. The highest BCUT2D eigenvalue weighted by Crippen LogP contribution is 2.79. The van der Waals surface area contributed by atoms with E-state index < -0.39 is 87.7 Å². The van der Waals surface area contributed by atoms with Gasteiger partial charge in [0.25, 0.3) is 0 Å². The Kier molecular flexibility index (Phi) is 13.8. The molecule has 2 heterocycles. The Labute approximate surface area is 415 Å². The van der Waals surface area contributed by atoms with Gasteiger partial charge in [0.1, 0.15) is 5.60 Å². The van der Waals surface area contributed by atoms with Crippen molar-refractivity contribution in [3.05, 3.63) is 46.8 Å². The summed E-state index contributed by atoms with van der Waals surface area (Å²) in [4.78, 5) is 15.9. The quantitative estimate of drug-likeness (QED) is 0.123. The van der Waals surface area contributed by atoms with E-state index >= 15 is 4.79 Å². The number of Topliss-reactive ketones (excluding diaryl/α,β-unsaturated/α-hetero) is 1. The Morgan fingerprint density at radius 3 is 2.43 bits per heavy atom. The lowest BCUT2D eigenvalue weighted by Gasteiger charge is -2.71. The molecule has 0 aromatic heterocycles. The molecule has 14 nitrogen and oxygen atoms in total. The number of hydrogen-bond donors (Lipinski definition) is 12. The van der Waals surface area contributed by atoms with E-state index in [1.807, 2.05) is 18.2 Å². The molecule has 0 aromatic rings. The number of carbonyl (C=O) groups is 1. The Balaban J connectivity index is 1.14. The largest absolute Gasteiger partial charge is 0.396 e. The van der Waals surface area contributed by atoms with Crippen LogP contribution in [0.15, 0.2) is 46.8 Å². The molecule has 2 spiro atoms. The van der Waals surface area contributed by atoms with Crippen LogP contribution in [0.2, 0.25) is 0 Å². The first-order valence-electron chi connectivity index (χ1n) is 27.8. The molecule has 7 fully saturated rings. The van der Waals surface area contributed by atoms with Gasteiger partial charge in [0.05, 0.1) is 65.8 Å². The zero-order chi connectivity index (χ0) is 49.8. The molecule has 14 heteroatoms. The van der Waals surface area contributed by atoms with Crippen molar-refractivity contribution in [1.82, 2.24) is 10.6 Å². The molecule has 8 aliphatic carbocycles. The van der Waals surface area contributed by atoms with E-state index in [1.54, 1.807) is 13.8 Å². The first kappa shape index (κ1) is 51.3. The van der Waals surface area contributed by atoms with Gasteiger partial charge in [0.15, 0.2) is 5.78 Å². The Morgan fingerprint density at radius 1 is 0.943 bits per heavy atom. The van der Waals surface area contributed by atoms with Crippen molar-refractivity contribution in [3.63, 3.8) is 0 Å². The fourth-order valence-electron chi connectivity index (χ4n) is 18.6. The van der Waals surface area contributed by atoms with Gasteiger partial charge in [0, 0.05) is 53.0 Å². The third-order valence-corrected chi connectivity index (χ3v) is 21.5. The van der Waals surface area contributed by atoms with Gasteiger partial charge in [-0.25, -0.2) is 0 Å². The minimum Gasteiger partial charge on any atom is -0.396 e. The summed E-state index contributed by atoms with van der Waals surface area (Å²) in [6.07, 6.45) is 13.3. The average Bonchev–Trinajstić information content (AvgIpc) is 4.01. The number of rotatable bonds is 12. The molecule has 1 unspecified atom stereocenters. The summed E-state index contributed by atoms with van der Waals surface area (Å²) in [5, 5.41) is 119. The maximum Gasteiger partial charge on any atom is 0.182 e. The molecule has 0 amide bonds. The topological polar surface area (TPSA) is 258 Å². The molecule has 0 bridgehead atoms. The van der Waals surface area contributed by atoms with E-state index in [4.69, 9.17) is 10.5 Å². The number of aliphatic hydroxyl groups is 9. The van der Waals surface area contributed by atoms with Crippen LogP contribution in [0.3, 0.4) is 0 Å². The monoisotopic (exact) mass is 978 g/mol. The Hall–Kier alpha value is -2.21. The molecule has 1 saturated heterocycles. The van der Waals surface area contributed by atoms with E-state index in [1.165, 1.54) is 0 Å². The van der Waals surface area contributed by atoms with Crippen LogP contribution in [0, 0.1) is 57.7 Å². The summed E-state index contributed by atoms with van der Waals surface area (Å²) in [5.41, 5.74) is -0.810. The fourth-order valence-corrected chi connectivity index (χ4v) is 18.6. The van der Waals surface area contributed by atoms with Crippen molar-refractivity contribution in [3.8, 4) is 0 Å². The summed E-state index contributed by atoms with van der Waals surface area (Å²) < 4.78 is 7.09. The van der Waals surface area contributed by atoms with Crippen LogP contribution in [0.5, 0.6) is 0 Å². The molecule has 10 rings (SSSR count). The van der Waals surface area contributed by atoms with Crippen LogP contribution in [0.25, 0.3) is 0 Å². The number of nitrogens with one attached hydrogen (secondary N) is 2. The first-order chi connectivity index (χ1) is 33.3. The summed E-state index contributed by atoms with van der Waals surface area (Å²) in [6, 6.07) is 0. The van der Waals surface area contributed by atoms with Crippen molar-refractivity contribution in [2.24, 2.45) is 63.4 Å². The maximum absolute atomic E-state index is 15.9. The fraction of sp³-hybridized carbons (Fsp3) is 0.839. The number of nitrogens with two attached hydrogens (primary N) is 1. The van der Waals surface area contributed by atoms with Crippen LogP contribution in [-0.4, -0.2) is 131 Å². The number of aliphatic hydroxyl groups excluding tert-OH is 6. The van der Waals surface area contributed by atoms with Crippen molar-refractivity contribution >= 4 is 5.78 Å². The van der Waals surface area contributed by atoms with E-state index in [9.17, 15) is 46.0 Å². The van der Waals surface area contributed by atoms with Crippen LogP contribution >= 0.6 is 0 Å². The third kappa shape index (κ3) is 7.43. The molecule has 2 aliphatic heterocycles. The van der Waals surface area contributed by atoms with E-state index in [0.29, 0.717) is 43.6 Å². The molecule has 70 heavy (non-hydrogen) atoms. The zero-order valence-electron chi connectivity index (χ0n) is 42.2. The highest BCUT2D eigenvalue weighted by molar-refractivity contribution is 6.00. The number of carbonyl (C=O) groups excluding carboxylic acids is 1. The predicted molar refractivity (Wildman–Crippen MR) is 263 cm³/mol. The number of ketones is 1. The molecule has 13 N–H and O–H groups in total. The average molecular weight is 978 g/mol. The lowest BCUT2D eigenvalue weighted by Crippen LogP contribution is -2.76. The summed E-state index contributed by atoms with van der Waals surface area (Å²) in [6.45, 7) is 5.53. The van der Waals surface area contributed by atoms with Gasteiger partial charge in [-0.2, -0.15) is 0 Å². The van der Waals surface area contributed by atoms with Crippen LogP contribution in [0.4, 0.5) is 0 Å². The second-order valence-electron chi connectivity index (χ2n) is 24.8. The molecule has 392 valence electrons. The molecular formula is C56H87N3O11. The molecule has 0 radical (unpaired) electrons. The predicted octanol–water partition coefficient (Wildman–Crippen LogP) is 4.04. The minimum atomic E-state index is -1.89. The lowest BCUT2D eigenvalue weighted by atomic mass is 9.33. The van der Waals surface area contributed by atoms with Crippen molar-refractivity contribution in [2.45, 2.75) is 221 Å². The van der Waals surface area contributed by atoms with Gasteiger partial charge in [0.2, 0.25) is 0 Å². The van der Waals surface area contributed by atoms with Gasteiger partial charge in [-0.3, -0.25) is 4.79 Å². The molecular weight excluding hydrogens is 891 g/mol. The minimum absolute atomic E-state index is 0.0163. The van der Waals surface area contributed by atoms with Gasteiger partial charge in [-0.1, -0.05) is 57.3 Å². The second-order valence-corrected chi connectivity index (χ2v) is 24.8. The van der Waals surface area contributed by atoms with Gasteiger partial charge in [-0.05, 0) is 157 Å². The van der Waals surface area contributed by atoms with Gasteiger partial charge in [-0.15, -0.1) is 0 Å². The van der Waals surface area contributed by atoms with Crippen molar-refractivity contribution < 1.29 is 55.5 Å². The highest BCUT2D eigenvalue weighted by Gasteiger charge is 2.82. The summed E-state index contributed by atoms with van der Waals surface area (Å²) in [7, 11) is 0. The van der Waals surface area contributed by atoms with Crippen LogP contribution < -0.4 is 16.4 Å². The van der Waals surface area contributed by atoms with Gasteiger partial charge < -0.3 is 67.1 Å². The van der Waals surface area contributed by atoms with Crippen molar-refractivity contribution in [2.75, 3.05) is 13.2 Å². The number of hydrogen-bond acceptors (Lipinski definition) is 14. The molecule has 0 aromatic carbocycles. The highest BCUT2D eigenvalue weighted by atomic mass is 16.5. The second kappa shape index (κ2) is 18.9. The molecule has 6 saturated carbocycles. The van der Waals surface area contributed by atoms with Crippen LogP contribution in [0.1, 0.15) is 156 Å². The van der Waals surface area contributed by atoms with Crippen molar-refractivity contribution in [1.29, 1.82) is 0 Å². The summed E-state index contributed by atoms with van der Waals surface area (Å²) in [5.74, 6) is -2.28. The zero-order valence-corrected chi connectivity index (χ0v) is 42.2. The molecule has 20 atom stereocenters. The standard InChI is InChI=1S/C56H87N3O11/c1-4-9-32-14-16-36-42(18-15-32)70-50-46(36)39(62)13-7-22-56(50,69)51(3,67)43-21-24-55(68)49-47(58-30-31(2)61)48(66)37-26-40(63)41(64)28-52(37)27-33(35-17-19-45(57)59-38(35)12-8-25-60)20-23-53(49,52)44(65)29-54(43,55)34-10-5-6-11-34/h17,19-20,23,31-34,36-37,39-46,50,58-65,67-69H,4-16,18,21-22,24-30,57H2,1-3H3/t31-,32-,33-,36+,37-,39-,40+,41-,42+,43+,44-,45?,46+,50+,51+,52-,53-,54-,55+,56+/m0/s1. The Morgan fingerprint density at radius 2 is 1.70 bits per heavy atom. The first-order valence-corrected chi connectivity index (χ1v) is 27.8. The lowest BCUT2D eigenvalue weighted by molar-refractivity contribution is -0.274. The Bertz CT molecular complexity index is 2100. The number of ether oxygens (including phenoxy) is 1. The van der Waals surface area contributed by atoms with Crippen LogP contribution in [-0.2, 0) is 9.53 Å². The number of fused-ring (bicyclic) bond motifs is 5. The van der Waals surface area contributed by atoms with Gasteiger partial charge >= 0.3 is 0 Å².